The number of pyridine rings is 1. The standard InChI is InChI=1S/C20H25N5O/c1-12-6-5-7-13(2)17(12)10-22-18-8-16(24-19(26)9-21)11-25-15(4)14(3)23-20(18)25/h5-8,11,22H,9-10,21H2,1-4H3,(H,24,26). The number of amides is 1. The zero-order chi connectivity index (χ0) is 18.8. The van der Waals surface area contributed by atoms with Gasteiger partial charge in [-0.05, 0) is 50.5 Å². The van der Waals surface area contributed by atoms with E-state index in [0.717, 1.165) is 22.7 Å². The molecule has 6 heteroatoms. The van der Waals surface area contributed by atoms with E-state index >= 15 is 0 Å². The van der Waals surface area contributed by atoms with Crippen LogP contribution < -0.4 is 16.4 Å². The number of aromatic nitrogens is 2. The van der Waals surface area contributed by atoms with Crippen LogP contribution in [-0.4, -0.2) is 21.8 Å². The zero-order valence-electron chi connectivity index (χ0n) is 15.7. The normalized spacial score (nSPS) is 11.0. The lowest BCUT2D eigenvalue weighted by Gasteiger charge is -2.14. The summed E-state index contributed by atoms with van der Waals surface area (Å²) in [5, 5.41) is 6.32. The van der Waals surface area contributed by atoms with E-state index in [1.807, 2.05) is 30.5 Å². The lowest BCUT2D eigenvalue weighted by Crippen LogP contribution is -2.22. The summed E-state index contributed by atoms with van der Waals surface area (Å²) < 4.78 is 1.99. The predicted molar refractivity (Wildman–Crippen MR) is 106 cm³/mol. The molecule has 136 valence electrons. The van der Waals surface area contributed by atoms with Crippen LogP contribution in [0.3, 0.4) is 0 Å². The van der Waals surface area contributed by atoms with Gasteiger partial charge in [0.15, 0.2) is 5.65 Å². The minimum Gasteiger partial charge on any atom is -0.378 e. The minimum absolute atomic E-state index is 0.0505. The second-order valence-corrected chi connectivity index (χ2v) is 6.59. The van der Waals surface area contributed by atoms with Crippen molar-refractivity contribution in [2.45, 2.75) is 34.2 Å². The molecule has 1 amide bonds. The first-order chi connectivity index (χ1) is 12.4. The molecule has 0 radical (unpaired) electrons. The summed E-state index contributed by atoms with van der Waals surface area (Å²) in [6, 6.07) is 8.20. The van der Waals surface area contributed by atoms with Crippen LogP contribution in [0.4, 0.5) is 11.4 Å². The largest absolute Gasteiger partial charge is 0.378 e. The fraction of sp³-hybridized carbons (Fsp3) is 0.300. The van der Waals surface area contributed by atoms with Gasteiger partial charge in [-0.1, -0.05) is 18.2 Å². The summed E-state index contributed by atoms with van der Waals surface area (Å²) in [5.74, 6) is -0.223. The first kappa shape index (κ1) is 17.9. The Kier molecular flexibility index (Phi) is 4.95. The molecule has 0 fully saturated rings. The lowest BCUT2D eigenvalue weighted by atomic mass is 10.0. The first-order valence-electron chi connectivity index (χ1n) is 8.69. The summed E-state index contributed by atoms with van der Waals surface area (Å²) in [6.07, 6.45) is 1.88. The van der Waals surface area contributed by atoms with Gasteiger partial charge in [-0.2, -0.15) is 0 Å². The Hall–Kier alpha value is -2.86. The highest BCUT2D eigenvalue weighted by Crippen LogP contribution is 2.25. The van der Waals surface area contributed by atoms with Crippen molar-refractivity contribution in [1.29, 1.82) is 0 Å². The quantitative estimate of drug-likeness (QED) is 0.659. The van der Waals surface area contributed by atoms with E-state index < -0.39 is 0 Å². The number of carbonyl (C=O) groups is 1. The molecular formula is C20H25N5O. The van der Waals surface area contributed by atoms with Gasteiger partial charge in [0.05, 0.1) is 23.6 Å². The van der Waals surface area contributed by atoms with Crippen LogP contribution in [-0.2, 0) is 11.3 Å². The van der Waals surface area contributed by atoms with Gasteiger partial charge >= 0.3 is 0 Å². The highest BCUT2D eigenvalue weighted by atomic mass is 16.1. The maximum Gasteiger partial charge on any atom is 0.238 e. The molecule has 0 bridgehead atoms. The third kappa shape index (κ3) is 3.41. The number of nitrogens with two attached hydrogens (primary N) is 1. The molecule has 1 aromatic carbocycles. The SMILES string of the molecule is Cc1cccc(C)c1CNc1cc(NC(=O)CN)cn2c(C)c(C)nc12. The van der Waals surface area contributed by atoms with Gasteiger partial charge in [0.2, 0.25) is 5.91 Å². The number of nitrogens with one attached hydrogen (secondary N) is 2. The molecule has 0 aliphatic heterocycles. The summed E-state index contributed by atoms with van der Waals surface area (Å²) in [6.45, 7) is 8.86. The van der Waals surface area contributed by atoms with E-state index in [1.165, 1.54) is 16.7 Å². The molecule has 3 aromatic rings. The van der Waals surface area contributed by atoms with Crippen LogP contribution in [0.1, 0.15) is 28.1 Å². The van der Waals surface area contributed by atoms with E-state index in [0.29, 0.717) is 12.2 Å². The van der Waals surface area contributed by atoms with E-state index in [2.05, 4.69) is 47.7 Å². The van der Waals surface area contributed by atoms with Gasteiger partial charge in [-0.15, -0.1) is 0 Å². The molecule has 26 heavy (non-hydrogen) atoms. The van der Waals surface area contributed by atoms with Gasteiger partial charge in [0.25, 0.3) is 0 Å². The van der Waals surface area contributed by atoms with Crippen LogP contribution in [0.5, 0.6) is 0 Å². The average Bonchev–Trinajstić information content (AvgIpc) is 2.89. The van der Waals surface area contributed by atoms with Crippen LogP contribution in [0.25, 0.3) is 5.65 Å². The number of carbonyl (C=O) groups excluding carboxylic acids is 1. The van der Waals surface area contributed by atoms with Crippen LogP contribution in [0, 0.1) is 27.7 Å². The van der Waals surface area contributed by atoms with Crippen LogP contribution in [0.15, 0.2) is 30.5 Å². The van der Waals surface area contributed by atoms with Gasteiger partial charge < -0.3 is 20.8 Å². The minimum atomic E-state index is -0.223. The number of benzene rings is 1. The number of fused-ring (bicyclic) bond motifs is 1. The fourth-order valence-corrected chi connectivity index (χ4v) is 3.09. The van der Waals surface area contributed by atoms with Crippen molar-refractivity contribution in [3.8, 4) is 0 Å². The number of nitrogens with zero attached hydrogens (tertiary/aromatic N) is 2. The molecule has 0 saturated carbocycles. The zero-order valence-corrected chi connectivity index (χ0v) is 15.7. The monoisotopic (exact) mass is 351 g/mol. The second kappa shape index (κ2) is 7.17. The molecule has 6 nitrogen and oxygen atoms in total. The van der Waals surface area contributed by atoms with Crippen molar-refractivity contribution >= 4 is 22.9 Å². The molecule has 3 rings (SSSR count). The number of anilines is 2. The number of aryl methyl sites for hydroxylation is 4. The molecule has 0 aliphatic rings. The summed E-state index contributed by atoms with van der Waals surface area (Å²) >= 11 is 0. The number of hydrogen-bond donors (Lipinski definition) is 3. The Bertz CT molecular complexity index is 954. The van der Waals surface area contributed by atoms with Crippen LogP contribution >= 0.6 is 0 Å². The fourth-order valence-electron chi connectivity index (χ4n) is 3.09. The second-order valence-electron chi connectivity index (χ2n) is 6.59. The smallest absolute Gasteiger partial charge is 0.238 e. The van der Waals surface area contributed by atoms with Crippen molar-refractivity contribution in [2.24, 2.45) is 5.73 Å². The van der Waals surface area contributed by atoms with E-state index in [-0.39, 0.29) is 12.5 Å². The van der Waals surface area contributed by atoms with Gasteiger partial charge in [0, 0.05) is 18.4 Å². The predicted octanol–water partition coefficient (Wildman–Crippen LogP) is 3.08. The van der Waals surface area contributed by atoms with Crippen molar-refractivity contribution in [1.82, 2.24) is 9.38 Å². The van der Waals surface area contributed by atoms with E-state index in [9.17, 15) is 4.79 Å². The molecule has 2 aromatic heterocycles. The molecule has 0 saturated heterocycles. The molecule has 0 unspecified atom stereocenters. The topological polar surface area (TPSA) is 84.4 Å². The summed E-state index contributed by atoms with van der Waals surface area (Å²) in [5.41, 5.74) is 13.6. The Morgan fingerprint density at radius 3 is 2.54 bits per heavy atom. The van der Waals surface area contributed by atoms with Crippen molar-refractivity contribution < 1.29 is 4.79 Å². The number of hydrogen-bond acceptors (Lipinski definition) is 4. The van der Waals surface area contributed by atoms with Gasteiger partial charge in [-0.3, -0.25) is 4.79 Å². The Morgan fingerprint density at radius 2 is 1.88 bits per heavy atom. The van der Waals surface area contributed by atoms with E-state index in [1.54, 1.807) is 0 Å². The Morgan fingerprint density at radius 1 is 1.19 bits per heavy atom. The Labute approximate surface area is 153 Å². The third-order valence-electron chi connectivity index (χ3n) is 4.76. The summed E-state index contributed by atoms with van der Waals surface area (Å²) in [4.78, 5) is 16.4. The van der Waals surface area contributed by atoms with Gasteiger partial charge in [0.1, 0.15) is 0 Å². The Balaban J connectivity index is 2.00. The highest BCUT2D eigenvalue weighted by molar-refractivity contribution is 5.93. The van der Waals surface area contributed by atoms with Crippen molar-refractivity contribution in [2.75, 3.05) is 17.2 Å². The molecule has 0 spiro atoms. The third-order valence-corrected chi connectivity index (χ3v) is 4.76. The number of rotatable bonds is 5. The van der Waals surface area contributed by atoms with Gasteiger partial charge in [-0.25, -0.2) is 4.98 Å². The number of imidazole rings is 1. The highest BCUT2D eigenvalue weighted by Gasteiger charge is 2.13. The molecule has 4 N–H and O–H groups in total. The molecule has 0 aliphatic carbocycles. The molecule has 0 atom stereocenters. The van der Waals surface area contributed by atoms with Crippen molar-refractivity contribution in [3.05, 3.63) is 58.5 Å². The maximum absolute atomic E-state index is 11.7. The van der Waals surface area contributed by atoms with E-state index in [4.69, 9.17) is 5.73 Å². The maximum atomic E-state index is 11.7. The average molecular weight is 351 g/mol. The first-order valence-corrected chi connectivity index (χ1v) is 8.69. The molecular weight excluding hydrogens is 326 g/mol. The van der Waals surface area contributed by atoms with Crippen molar-refractivity contribution in [3.63, 3.8) is 0 Å². The van der Waals surface area contributed by atoms with Crippen LogP contribution in [0.2, 0.25) is 0 Å². The lowest BCUT2D eigenvalue weighted by molar-refractivity contribution is -0.114. The summed E-state index contributed by atoms with van der Waals surface area (Å²) in [7, 11) is 0. The molecule has 2 heterocycles.